The van der Waals surface area contributed by atoms with Crippen molar-refractivity contribution in [3.8, 4) is 5.75 Å². The molecule has 0 spiro atoms. The fraction of sp³-hybridized carbons (Fsp3) is 0.400. The van der Waals surface area contributed by atoms with Gasteiger partial charge in [-0.15, -0.1) is 0 Å². The van der Waals surface area contributed by atoms with Gasteiger partial charge in [0.05, 0.1) is 6.26 Å². The summed E-state index contributed by atoms with van der Waals surface area (Å²) in [6.07, 6.45) is -1.68. The van der Waals surface area contributed by atoms with E-state index in [0.717, 1.165) is 6.26 Å². The van der Waals surface area contributed by atoms with Crippen LogP contribution in [0.25, 0.3) is 0 Å². The molecule has 8 heteroatoms. The van der Waals surface area contributed by atoms with Gasteiger partial charge in [-0.3, -0.25) is 4.18 Å². The van der Waals surface area contributed by atoms with Crippen LogP contribution in [0.15, 0.2) is 22.7 Å². The number of benzene rings is 1. The first-order chi connectivity index (χ1) is 8.28. The SMILES string of the molecule is CS(=O)(=O)OCCOc1cc(Br)cc(C(F)F)c1. The number of alkyl halides is 2. The fourth-order valence-electron chi connectivity index (χ4n) is 1.14. The zero-order valence-electron chi connectivity index (χ0n) is 9.40. The van der Waals surface area contributed by atoms with Gasteiger partial charge in [-0.05, 0) is 18.2 Å². The molecule has 0 aromatic heterocycles. The normalized spacial score (nSPS) is 11.8. The highest BCUT2D eigenvalue weighted by molar-refractivity contribution is 9.10. The third-order valence-electron chi connectivity index (χ3n) is 1.80. The molecule has 0 aliphatic rings. The highest BCUT2D eigenvalue weighted by atomic mass is 79.9. The predicted octanol–water partition coefficient (Wildman–Crippen LogP) is 2.74. The van der Waals surface area contributed by atoms with Crippen LogP contribution >= 0.6 is 15.9 Å². The van der Waals surface area contributed by atoms with Crippen molar-refractivity contribution in [2.45, 2.75) is 6.43 Å². The first-order valence-corrected chi connectivity index (χ1v) is 7.45. The van der Waals surface area contributed by atoms with Crippen molar-refractivity contribution >= 4 is 26.0 Å². The average Bonchev–Trinajstić information content (AvgIpc) is 2.22. The fourth-order valence-corrected chi connectivity index (χ4v) is 2.00. The van der Waals surface area contributed by atoms with E-state index in [1.54, 1.807) is 0 Å². The van der Waals surface area contributed by atoms with Gasteiger partial charge >= 0.3 is 0 Å². The first kappa shape index (κ1) is 15.3. The molecule has 0 saturated heterocycles. The van der Waals surface area contributed by atoms with E-state index in [4.69, 9.17) is 4.74 Å². The van der Waals surface area contributed by atoms with Crippen LogP contribution in [-0.2, 0) is 14.3 Å². The molecule has 0 atom stereocenters. The number of hydrogen-bond acceptors (Lipinski definition) is 4. The van der Waals surface area contributed by atoms with Crippen LogP contribution in [0.3, 0.4) is 0 Å². The van der Waals surface area contributed by atoms with Crippen LogP contribution in [0.2, 0.25) is 0 Å². The molecule has 0 radical (unpaired) electrons. The van der Waals surface area contributed by atoms with Crippen LogP contribution in [0, 0.1) is 0 Å². The van der Waals surface area contributed by atoms with Gasteiger partial charge in [0.25, 0.3) is 16.5 Å². The second-order valence-corrected chi connectivity index (χ2v) is 5.96. The van der Waals surface area contributed by atoms with Crippen molar-refractivity contribution in [2.75, 3.05) is 19.5 Å². The van der Waals surface area contributed by atoms with Gasteiger partial charge in [0.15, 0.2) is 0 Å². The van der Waals surface area contributed by atoms with E-state index in [2.05, 4.69) is 20.1 Å². The van der Waals surface area contributed by atoms with Crippen LogP contribution < -0.4 is 4.74 Å². The minimum absolute atomic E-state index is 0.0494. The Morgan fingerprint density at radius 1 is 1.28 bits per heavy atom. The summed E-state index contributed by atoms with van der Waals surface area (Å²) in [5.41, 5.74) is -0.177. The number of ether oxygens (including phenoxy) is 1. The minimum Gasteiger partial charge on any atom is -0.491 e. The molecule has 0 amide bonds. The van der Waals surface area contributed by atoms with Gasteiger partial charge in [0.1, 0.15) is 19.0 Å². The molecule has 1 aromatic rings. The largest absolute Gasteiger partial charge is 0.491 e. The van der Waals surface area contributed by atoms with E-state index in [9.17, 15) is 17.2 Å². The standard InChI is InChI=1S/C10H11BrF2O4S/c1-18(14,15)17-3-2-16-9-5-7(10(12)13)4-8(11)6-9/h4-6,10H,2-3H2,1H3. The Hall–Kier alpha value is -0.730. The Labute approximate surface area is 112 Å². The smallest absolute Gasteiger partial charge is 0.264 e. The molecule has 0 saturated carbocycles. The first-order valence-electron chi connectivity index (χ1n) is 4.84. The number of hydrogen-bond donors (Lipinski definition) is 0. The molecule has 0 aliphatic carbocycles. The van der Waals surface area contributed by atoms with Gasteiger partial charge in [-0.2, -0.15) is 8.42 Å². The molecule has 18 heavy (non-hydrogen) atoms. The lowest BCUT2D eigenvalue weighted by molar-refractivity contribution is 0.150. The van der Waals surface area contributed by atoms with E-state index < -0.39 is 16.5 Å². The molecule has 0 heterocycles. The van der Waals surface area contributed by atoms with Crippen molar-refractivity contribution in [3.05, 3.63) is 28.2 Å². The van der Waals surface area contributed by atoms with E-state index in [0.29, 0.717) is 4.47 Å². The Kier molecular flexibility index (Phi) is 5.48. The lowest BCUT2D eigenvalue weighted by Crippen LogP contribution is -2.11. The predicted molar refractivity (Wildman–Crippen MR) is 65.4 cm³/mol. The summed E-state index contributed by atoms with van der Waals surface area (Å²) in [5.74, 6) is 0.219. The summed E-state index contributed by atoms with van der Waals surface area (Å²) < 4.78 is 56.3. The third-order valence-corrected chi connectivity index (χ3v) is 2.85. The number of rotatable bonds is 6. The summed E-state index contributed by atoms with van der Waals surface area (Å²) in [7, 11) is -3.52. The van der Waals surface area contributed by atoms with Crippen LogP contribution in [-0.4, -0.2) is 27.9 Å². The maximum absolute atomic E-state index is 12.5. The maximum Gasteiger partial charge on any atom is 0.264 e. The molecule has 102 valence electrons. The van der Waals surface area contributed by atoms with E-state index >= 15 is 0 Å². The highest BCUT2D eigenvalue weighted by Gasteiger charge is 2.10. The maximum atomic E-state index is 12.5. The van der Waals surface area contributed by atoms with Crippen LogP contribution in [0.5, 0.6) is 5.75 Å². The summed E-state index contributed by atoms with van der Waals surface area (Å²) >= 11 is 3.08. The second-order valence-electron chi connectivity index (χ2n) is 3.40. The van der Waals surface area contributed by atoms with E-state index in [1.807, 2.05) is 0 Å². The lowest BCUT2D eigenvalue weighted by Gasteiger charge is -2.08. The van der Waals surface area contributed by atoms with E-state index in [1.165, 1.54) is 18.2 Å². The molecular weight excluding hydrogens is 334 g/mol. The zero-order valence-corrected chi connectivity index (χ0v) is 11.8. The molecule has 1 rings (SSSR count). The van der Waals surface area contributed by atoms with E-state index in [-0.39, 0.29) is 24.5 Å². The summed E-state index contributed by atoms with van der Waals surface area (Å²) in [6.45, 7) is -0.221. The average molecular weight is 345 g/mol. The molecule has 0 aliphatic heterocycles. The van der Waals surface area contributed by atoms with Crippen molar-refractivity contribution in [1.29, 1.82) is 0 Å². The quantitative estimate of drug-likeness (QED) is 0.588. The number of halogens is 3. The molecular formula is C10H11BrF2O4S. The zero-order chi connectivity index (χ0) is 13.8. The highest BCUT2D eigenvalue weighted by Crippen LogP contribution is 2.27. The Bertz CT molecular complexity index is 505. The monoisotopic (exact) mass is 344 g/mol. The Morgan fingerprint density at radius 2 is 1.94 bits per heavy atom. The van der Waals surface area contributed by atoms with Crippen molar-refractivity contribution in [1.82, 2.24) is 0 Å². The Morgan fingerprint density at radius 3 is 2.50 bits per heavy atom. The topological polar surface area (TPSA) is 52.6 Å². The molecule has 0 N–H and O–H groups in total. The molecule has 4 nitrogen and oxygen atoms in total. The molecule has 0 bridgehead atoms. The van der Waals surface area contributed by atoms with Gasteiger partial charge < -0.3 is 4.74 Å². The summed E-state index contributed by atoms with van der Waals surface area (Å²) in [4.78, 5) is 0. The second kappa shape index (κ2) is 6.44. The van der Waals surface area contributed by atoms with Gasteiger partial charge in [0, 0.05) is 10.0 Å². The molecule has 0 unspecified atom stereocenters. The third kappa shape index (κ3) is 5.74. The Balaban J connectivity index is 2.57. The van der Waals surface area contributed by atoms with Crippen LogP contribution in [0.4, 0.5) is 8.78 Å². The van der Waals surface area contributed by atoms with Crippen LogP contribution in [0.1, 0.15) is 12.0 Å². The summed E-state index contributed by atoms with van der Waals surface area (Å²) in [5, 5.41) is 0. The summed E-state index contributed by atoms with van der Waals surface area (Å²) in [6, 6.07) is 3.98. The van der Waals surface area contributed by atoms with Crippen molar-refractivity contribution in [3.63, 3.8) is 0 Å². The molecule has 1 aromatic carbocycles. The van der Waals surface area contributed by atoms with Crippen molar-refractivity contribution < 1.29 is 26.1 Å². The minimum atomic E-state index is -3.52. The van der Waals surface area contributed by atoms with Gasteiger partial charge in [-0.1, -0.05) is 15.9 Å². The van der Waals surface area contributed by atoms with Gasteiger partial charge in [0.2, 0.25) is 0 Å². The van der Waals surface area contributed by atoms with Crippen molar-refractivity contribution in [2.24, 2.45) is 0 Å². The van der Waals surface area contributed by atoms with Gasteiger partial charge in [-0.25, -0.2) is 8.78 Å². The lowest BCUT2D eigenvalue weighted by atomic mass is 10.2. The molecule has 0 fully saturated rings.